The normalized spacial score (nSPS) is 20.5. The molecule has 2 aliphatic rings. The average Bonchev–Trinajstić information content (AvgIpc) is 3.27. The Morgan fingerprint density at radius 2 is 2.11 bits per heavy atom. The highest BCUT2D eigenvalue weighted by molar-refractivity contribution is 14.0. The average molecular weight is 482 g/mol. The third-order valence-corrected chi connectivity index (χ3v) is 5.47. The van der Waals surface area contributed by atoms with E-state index in [0.717, 1.165) is 36.8 Å². The van der Waals surface area contributed by atoms with Crippen molar-refractivity contribution in [3.8, 4) is 5.75 Å². The molecule has 2 heterocycles. The lowest BCUT2D eigenvalue weighted by Crippen LogP contribution is -2.46. The Kier molecular flexibility index (Phi) is 6.23. The number of hydrogen-bond acceptors (Lipinski definition) is 4. The third-order valence-electron chi connectivity index (χ3n) is 5.47. The fourth-order valence-corrected chi connectivity index (χ4v) is 4.08. The number of ether oxygens (including phenoxy) is 1. The summed E-state index contributed by atoms with van der Waals surface area (Å²) in [6.07, 6.45) is 7.28. The van der Waals surface area contributed by atoms with E-state index < -0.39 is 0 Å². The minimum absolute atomic E-state index is 0. The monoisotopic (exact) mass is 482 g/mol. The summed E-state index contributed by atoms with van der Waals surface area (Å²) in [5.74, 6) is 2.64. The van der Waals surface area contributed by atoms with Crippen LogP contribution in [0.4, 0.5) is 0 Å². The number of nitrogens with zero attached hydrogens (tertiary/aromatic N) is 4. The highest BCUT2D eigenvalue weighted by Gasteiger charge is 2.43. The minimum atomic E-state index is -0.0333. The van der Waals surface area contributed by atoms with Gasteiger partial charge >= 0.3 is 0 Å². The minimum Gasteiger partial charge on any atom is -0.487 e. The van der Waals surface area contributed by atoms with Crippen LogP contribution in [0.15, 0.2) is 35.6 Å². The molecular formula is C19H27IN6O. The molecule has 1 unspecified atom stereocenters. The molecule has 0 bridgehead atoms. The van der Waals surface area contributed by atoms with Gasteiger partial charge in [-0.3, -0.25) is 9.67 Å². The highest BCUT2D eigenvalue weighted by atomic mass is 127. The number of aromatic nitrogens is 3. The Balaban J connectivity index is 0.00000210. The zero-order chi connectivity index (χ0) is 18.0. The van der Waals surface area contributed by atoms with Gasteiger partial charge in [-0.15, -0.1) is 24.0 Å². The van der Waals surface area contributed by atoms with Crippen molar-refractivity contribution in [2.45, 2.75) is 50.3 Å². The second-order valence-electron chi connectivity index (χ2n) is 7.16. The molecular weight excluding hydrogens is 455 g/mol. The van der Waals surface area contributed by atoms with Crippen LogP contribution in [0.2, 0.25) is 0 Å². The summed E-state index contributed by atoms with van der Waals surface area (Å²) in [6, 6.07) is 8.53. The second-order valence-corrected chi connectivity index (χ2v) is 7.16. The number of aliphatic imine (C=N–C) groups is 1. The van der Waals surface area contributed by atoms with E-state index in [-0.39, 0.29) is 35.6 Å². The summed E-state index contributed by atoms with van der Waals surface area (Å²) in [4.78, 5) is 8.64. The molecule has 0 radical (unpaired) electrons. The molecule has 7 nitrogen and oxygen atoms in total. The van der Waals surface area contributed by atoms with Gasteiger partial charge in [-0.1, -0.05) is 18.2 Å². The van der Waals surface area contributed by atoms with Crippen molar-refractivity contribution >= 4 is 29.9 Å². The fourth-order valence-electron chi connectivity index (χ4n) is 4.08. The predicted octanol–water partition coefficient (Wildman–Crippen LogP) is 2.93. The standard InChI is InChI=1S/C19H26N6O.HI/c1-20-18(21-12-17-22-13-23-25(17)2)24-15-11-19(9-5-6-10-19)26-16-8-4-3-7-14(15)16;/h3-4,7-8,13,15H,5-6,9-12H2,1-2H3,(H2,20,21,24);1H. The molecule has 1 fully saturated rings. The summed E-state index contributed by atoms with van der Waals surface area (Å²) in [6.45, 7) is 0.576. The Morgan fingerprint density at radius 1 is 1.33 bits per heavy atom. The Bertz CT molecular complexity index is 799. The number of fused-ring (bicyclic) bond motifs is 1. The number of benzene rings is 1. The molecule has 1 aromatic carbocycles. The number of hydrogen-bond donors (Lipinski definition) is 2. The number of guanidine groups is 1. The van der Waals surface area contributed by atoms with Crippen LogP contribution in [-0.4, -0.2) is 33.4 Å². The van der Waals surface area contributed by atoms with Crippen molar-refractivity contribution in [3.63, 3.8) is 0 Å². The Labute approximate surface area is 177 Å². The maximum absolute atomic E-state index is 6.44. The maximum Gasteiger partial charge on any atom is 0.191 e. The van der Waals surface area contributed by atoms with Gasteiger partial charge in [0.25, 0.3) is 0 Å². The van der Waals surface area contributed by atoms with E-state index in [4.69, 9.17) is 4.74 Å². The molecule has 1 atom stereocenters. The number of halogens is 1. The van der Waals surface area contributed by atoms with E-state index in [0.29, 0.717) is 6.54 Å². The van der Waals surface area contributed by atoms with E-state index >= 15 is 0 Å². The molecule has 27 heavy (non-hydrogen) atoms. The Hall–Kier alpha value is -1.84. The molecule has 1 spiro atoms. The van der Waals surface area contributed by atoms with Crippen LogP contribution in [0.5, 0.6) is 5.75 Å². The van der Waals surface area contributed by atoms with Crippen molar-refractivity contribution in [1.82, 2.24) is 25.4 Å². The van der Waals surface area contributed by atoms with Gasteiger partial charge < -0.3 is 15.4 Å². The molecule has 146 valence electrons. The number of aryl methyl sites for hydroxylation is 1. The number of nitrogens with one attached hydrogen (secondary N) is 2. The van der Waals surface area contributed by atoms with Crippen LogP contribution in [0.25, 0.3) is 0 Å². The van der Waals surface area contributed by atoms with Gasteiger partial charge in [-0.2, -0.15) is 5.10 Å². The largest absolute Gasteiger partial charge is 0.487 e. The summed E-state index contributed by atoms with van der Waals surface area (Å²) >= 11 is 0. The zero-order valence-electron chi connectivity index (χ0n) is 15.8. The first-order valence-corrected chi connectivity index (χ1v) is 9.27. The second kappa shape index (κ2) is 8.45. The fraction of sp³-hybridized carbons (Fsp3) is 0.526. The molecule has 2 N–H and O–H groups in total. The molecule has 1 saturated carbocycles. The lowest BCUT2D eigenvalue weighted by atomic mass is 9.86. The summed E-state index contributed by atoms with van der Waals surface area (Å²) in [7, 11) is 3.68. The van der Waals surface area contributed by atoms with Crippen molar-refractivity contribution in [2.75, 3.05) is 7.05 Å². The zero-order valence-corrected chi connectivity index (χ0v) is 18.1. The van der Waals surface area contributed by atoms with E-state index in [1.54, 1.807) is 18.1 Å². The summed E-state index contributed by atoms with van der Waals surface area (Å²) in [5, 5.41) is 11.0. The topological polar surface area (TPSA) is 76.4 Å². The van der Waals surface area contributed by atoms with Gasteiger partial charge in [-0.05, 0) is 31.7 Å². The van der Waals surface area contributed by atoms with Gasteiger partial charge in [0.15, 0.2) is 5.96 Å². The number of rotatable bonds is 3. The van der Waals surface area contributed by atoms with Gasteiger partial charge in [-0.25, -0.2) is 4.98 Å². The van der Waals surface area contributed by atoms with Gasteiger partial charge in [0.1, 0.15) is 23.5 Å². The summed E-state index contributed by atoms with van der Waals surface area (Å²) < 4.78 is 8.20. The van der Waals surface area contributed by atoms with E-state index in [1.165, 1.54) is 18.4 Å². The Morgan fingerprint density at radius 3 is 2.81 bits per heavy atom. The van der Waals surface area contributed by atoms with Crippen molar-refractivity contribution in [1.29, 1.82) is 0 Å². The molecule has 1 aromatic heterocycles. The SMILES string of the molecule is CN=C(NCc1ncnn1C)NC1CC2(CCCC2)Oc2ccccc21.I. The molecule has 0 amide bonds. The smallest absolute Gasteiger partial charge is 0.191 e. The van der Waals surface area contributed by atoms with Gasteiger partial charge in [0, 0.05) is 26.1 Å². The quantitative estimate of drug-likeness (QED) is 0.400. The van der Waals surface area contributed by atoms with Crippen LogP contribution < -0.4 is 15.4 Å². The van der Waals surface area contributed by atoms with Crippen molar-refractivity contribution in [2.24, 2.45) is 12.0 Å². The van der Waals surface area contributed by atoms with E-state index in [9.17, 15) is 0 Å². The first kappa shape index (κ1) is 19.9. The number of para-hydroxylation sites is 1. The van der Waals surface area contributed by atoms with Crippen LogP contribution >= 0.6 is 24.0 Å². The highest BCUT2D eigenvalue weighted by Crippen LogP contribution is 2.46. The first-order chi connectivity index (χ1) is 12.7. The van der Waals surface area contributed by atoms with Crippen molar-refractivity contribution < 1.29 is 4.74 Å². The van der Waals surface area contributed by atoms with Gasteiger partial charge in [0.2, 0.25) is 0 Å². The molecule has 8 heteroatoms. The van der Waals surface area contributed by atoms with Crippen LogP contribution in [0.3, 0.4) is 0 Å². The van der Waals surface area contributed by atoms with E-state index in [1.807, 2.05) is 13.1 Å². The lowest BCUT2D eigenvalue weighted by molar-refractivity contribution is 0.0396. The van der Waals surface area contributed by atoms with Crippen LogP contribution in [-0.2, 0) is 13.6 Å². The molecule has 1 aliphatic heterocycles. The maximum atomic E-state index is 6.44. The molecule has 2 aromatic rings. The lowest BCUT2D eigenvalue weighted by Gasteiger charge is -2.40. The first-order valence-electron chi connectivity index (χ1n) is 9.27. The van der Waals surface area contributed by atoms with Crippen LogP contribution in [0.1, 0.15) is 49.5 Å². The predicted molar refractivity (Wildman–Crippen MR) is 115 cm³/mol. The van der Waals surface area contributed by atoms with E-state index in [2.05, 4.69) is 43.9 Å². The summed E-state index contributed by atoms with van der Waals surface area (Å²) in [5.41, 5.74) is 1.17. The molecule has 4 rings (SSSR count). The molecule has 1 aliphatic carbocycles. The molecule has 0 saturated heterocycles. The third kappa shape index (κ3) is 4.20. The van der Waals surface area contributed by atoms with Gasteiger partial charge in [0.05, 0.1) is 12.6 Å². The van der Waals surface area contributed by atoms with Crippen LogP contribution in [0, 0.1) is 0 Å². The van der Waals surface area contributed by atoms with Crippen molar-refractivity contribution in [3.05, 3.63) is 42.0 Å².